The van der Waals surface area contributed by atoms with Crippen LogP contribution >= 0.6 is 11.3 Å². The maximum absolute atomic E-state index is 4.19. The second-order valence-electron chi connectivity index (χ2n) is 5.98. The Morgan fingerprint density at radius 2 is 2.24 bits per heavy atom. The molecule has 0 saturated carbocycles. The lowest BCUT2D eigenvalue weighted by Crippen LogP contribution is -2.33. The van der Waals surface area contributed by atoms with Crippen LogP contribution in [0.4, 0.5) is 0 Å². The zero-order valence-electron chi connectivity index (χ0n) is 13.0. The predicted octanol–water partition coefficient (Wildman–Crippen LogP) is 2.16. The fourth-order valence-electron chi connectivity index (χ4n) is 2.63. The molecule has 0 spiro atoms. The zero-order chi connectivity index (χ0) is 14.8. The minimum atomic E-state index is 0.532. The van der Waals surface area contributed by atoms with Crippen LogP contribution < -0.4 is 5.32 Å². The Bertz CT molecular complexity index is 601. The first-order valence-corrected chi connectivity index (χ1v) is 8.34. The van der Waals surface area contributed by atoms with Gasteiger partial charge in [-0.25, -0.2) is 0 Å². The molecule has 0 aromatic carbocycles. The minimum Gasteiger partial charge on any atom is -0.315 e. The lowest BCUT2D eigenvalue weighted by Gasteiger charge is -2.26. The van der Waals surface area contributed by atoms with E-state index in [0.29, 0.717) is 6.04 Å². The lowest BCUT2D eigenvalue weighted by molar-refractivity contribution is 0.208. The second-order valence-corrected chi connectivity index (χ2v) is 7.32. The quantitative estimate of drug-likeness (QED) is 0.919. The summed E-state index contributed by atoms with van der Waals surface area (Å²) >= 11 is 1.91. The molecule has 0 radical (unpaired) electrons. The van der Waals surface area contributed by atoms with Crippen molar-refractivity contribution < 1.29 is 0 Å². The molecule has 1 aliphatic rings. The molecule has 0 fully saturated rings. The Morgan fingerprint density at radius 1 is 1.38 bits per heavy atom. The zero-order valence-corrected chi connectivity index (χ0v) is 13.8. The monoisotopic (exact) mass is 305 g/mol. The first-order valence-electron chi connectivity index (χ1n) is 7.52. The minimum absolute atomic E-state index is 0.532. The van der Waals surface area contributed by atoms with Crippen LogP contribution in [0.5, 0.6) is 0 Å². The van der Waals surface area contributed by atoms with Crippen LogP contribution in [0.3, 0.4) is 0 Å². The van der Waals surface area contributed by atoms with Crippen LogP contribution in [0.25, 0.3) is 0 Å². The fourth-order valence-corrected chi connectivity index (χ4v) is 3.63. The third-order valence-corrected chi connectivity index (χ3v) is 4.96. The van der Waals surface area contributed by atoms with Crippen LogP contribution in [0.1, 0.15) is 35.0 Å². The van der Waals surface area contributed by atoms with E-state index in [0.717, 1.165) is 38.5 Å². The molecule has 0 amide bonds. The van der Waals surface area contributed by atoms with Gasteiger partial charge in [-0.2, -0.15) is 0 Å². The molecular formula is C15H23N5S. The van der Waals surface area contributed by atoms with Crippen LogP contribution in [0.15, 0.2) is 12.4 Å². The molecule has 0 atom stereocenters. The van der Waals surface area contributed by atoms with Gasteiger partial charge in [0.05, 0.1) is 6.54 Å². The summed E-state index contributed by atoms with van der Waals surface area (Å²) in [6, 6.07) is 2.89. The van der Waals surface area contributed by atoms with E-state index in [4.69, 9.17) is 0 Å². The van der Waals surface area contributed by atoms with E-state index in [1.165, 1.54) is 15.3 Å². The average Bonchev–Trinajstić information content (AvgIpc) is 3.03. The number of rotatable bonds is 5. The van der Waals surface area contributed by atoms with Gasteiger partial charge in [-0.05, 0) is 18.6 Å². The maximum atomic E-state index is 4.19. The van der Waals surface area contributed by atoms with Gasteiger partial charge in [-0.1, -0.05) is 13.8 Å². The maximum Gasteiger partial charge on any atom is 0.147 e. The molecule has 1 aliphatic heterocycles. The summed E-state index contributed by atoms with van der Waals surface area (Å²) in [5.74, 6) is 1.08. The number of aryl methyl sites for hydroxylation is 1. The summed E-state index contributed by atoms with van der Waals surface area (Å²) in [5, 5.41) is 11.7. The van der Waals surface area contributed by atoms with Crippen LogP contribution in [0.2, 0.25) is 0 Å². The van der Waals surface area contributed by atoms with Crippen molar-refractivity contribution in [2.45, 2.75) is 53.0 Å². The standard InChI is InChI=1S/C15H23N5S/c1-11(2)16-7-14-6-13(12(3)21-14)8-19-4-5-20-10-17-18-15(20)9-19/h6,10-11,16H,4-5,7-9H2,1-3H3. The second kappa shape index (κ2) is 6.25. The highest BCUT2D eigenvalue weighted by molar-refractivity contribution is 7.12. The Morgan fingerprint density at radius 3 is 3.05 bits per heavy atom. The van der Waals surface area contributed by atoms with Gasteiger partial charge < -0.3 is 9.88 Å². The highest BCUT2D eigenvalue weighted by Gasteiger charge is 2.18. The number of hydrogen-bond acceptors (Lipinski definition) is 5. The molecule has 3 rings (SSSR count). The van der Waals surface area contributed by atoms with Gasteiger partial charge in [-0.15, -0.1) is 21.5 Å². The molecule has 0 bridgehead atoms. The summed E-state index contributed by atoms with van der Waals surface area (Å²) in [6.45, 7) is 11.5. The van der Waals surface area contributed by atoms with Crippen molar-refractivity contribution in [3.8, 4) is 0 Å². The van der Waals surface area contributed by atoms with E-state index in [-0.39, 0.29) is 0 Å². The first-order chi connectivity index (χ1) is 10.1. The smallest absolute Gasteiger partial charge is 0.147 e. The van der Waals surface area contributed by atoms with Crippen molar-refractivity contribution in [2.24, 2.45) is 0 Å². The van der Waals surface area contributed by atoms with Crippen LogP contribution in [-0.2, 0) is 26.2 Å². The molecule has 5 nitrogen and oxygen atoms in total. The van der Waals surface area contributed by atoms with E-state index in [1.807, 2.05) is 17.7 Å². The first kappa shape index (κ1) is 14.7. The van der Waals surface area contributed by atoms with Crippen molar-refractivity contribution in [1.29, 1.82) is 0 Å². The van der Waals surface area contributed by atoms with Crippen molar-refractivity contribution in [1.82, 2.24) is 25.0 Å². The van der Waals surface area contributed by atoms with Gasteiger partial charge in [0.2, 0.25) is 0 Å². The summed E-state index contributed by atoms with van der Waals surface area (Å²) in [4.78, 5) is 5.32. The summed E-state index contributed by atoms with van der Waals surface area (Å²) in [5.41, 5.74) is 1.45. The topological polar surface area (TPSA) is 46.0 Å². The summed E-state index contributed by atoms with van der Waals surface area (Å²) in [7, 11) is 0. The highest BCUT2D eigenvalue weighted by Crippen LogP contribution is 2.24. The normalized spacial score (nSPS) is 15.6. The van der Waals surface area contributed by atoms with E-state index in [1.54, 1.807) is 0 Å². The van der Waals surface area contributed by atoms with Gasteiger partial charge in [0.25, 0.3) is 0 Å². The van der Waals surface area contributed by atoms with Crippen molar-refractivity contribution in [3.63, 3.8) is 0 Å². The number of nitrogens with one attached hydrogen (secondary N) is 1. The average molecular weight is 305 g/mol. The molecule has 6 heteroatoms. The molecule has 114 valence electrons. The molecule has 0 saturated heterocycles. The molecule has 3 heterocycles. The molecule has 21 heavy (non-hydrogen) atoms. The fraction of sp³-hybridized carbons (Fsp3) is 0.600. The molecular weight excluding hydrogens is 282 g/mol. The van der Waals surface area contributed by atoms with Gasteiger partial charge >= 0.3 is 0 Å². The van der Waals surface area contributed by atoms with Crippen molar-refractivity contribution >= 4 is 11.3 Å². The Kier molecular flexibility index (Phi) is 4.37. The number of nitrogens with zero attached hydrogens (tertiary/aromatic N) is 4. The van der Waals surface area contributed by atoms with Crippen LogP contribution in [-0.4, -0.2) is 32.3 Å². The van der Waals surface area contributed by atoms with E-state index in [2.05, 4.69) is 51.8 Å². The molecule has 1 N–H and O–H groups in total. The number of hydrogen-bond donors (Lipinski definition) is 1. The predicted molar refractivity (Wildman–Crippen MR) is 85.2 cm³/mol. The Labute approximate surface area is 130 Å². The molecule has 2 aromatic rings. The number of aromatic nitrogens is 3. The largest absolute Gasteiger partial charge is 0.315 e. The summed E-state index contributed by atoms with van der Waals surface area (Å²) < 4.78 is 2.15. The Hall–Kier alpha value is -1.24. The number of fused-ring (bicyclic) bond motifs is 1. The van der Waals surface area contributed by atoms with Gasteiger partial charge in [0.1, 0.15) is 12.2 Å². The highest BCUT2D eigenvalue weighted by atomic mass is 32.1. The van der Waals surface area contributed by atoms with E-state index < -0.39 is 0 Å². The van der Waals surface area contributed by atoms with Crippen LogP contribution in [0, 0.1) is 6.92 Å². The van der Waals surface area contributed by atoms with Gasteiger partial charge in [-0.3, -0.25) is 4.90 Å². The molecule has 0 unspecified atom stereocenters. The molecule has 2 aromatic heterocycles. The van der Waals surface area contributed by atoms with E-state index >= 15 is 0 Å². The van der Waals surface area contributed by atoms with Gasteiger partial charge in [0.15, 0.2) is 0 Å². The Balaban J connectivity index is 1.63. The van der Waals surface area contributed by atoms with Crippen molar-refractivity contribution in [2.75, 3.05) is 6.54 Å². The summed E-state index contributed by atoms with van der Waals surface area (Å²) in [6.07, 6.45) is 1.83. The van der Waals surface area contributed by atoms with Gasteiger partial charge in [0, 0.05) is 42.0 Å². The third-order valence-electron chi connectivity index (χ3n) is 3.87. The van der Waals surface area contributed by atoms with E-state index in [9.17, 15) is 0 Å². The lowest BCUT2D eigenvalue weighted by atomic mass is 10.2. The SMILES string of the molecule is Cc1sc(CNC(C)C)cc1CN1CCn2cnnc2C1. The van der Waals surface area contributed by atoms with Crippen molar-refractivity contribution in [3.05, 3.63) is 33.5 Å². The third kappa shape index (κ3) is 3.51. The molecule has 0 aliphatic carbocycles. The number of thiophene rings is 1.